The third kappa shape index (κ3) is 3.85. The van der Waals surface area contributed by atoms with Gasteiger partial charge in [0.05, 0.1) is 6.10 Å². The molecule has 1 rings (SSSR count). The zero-order chi connectivity index (χ0) is 11.1. The summed E-state index contributed by atoms with van der Waals surface area (Å²) in [6.07, 6.45) is 0.0255. The van der Waals surface area contributed by atoms with E-state index in [0.29, 0.717) is 11.7 Å². The van der Waals surface area contributed by atoms with E-state index in [4.69, 9.17) is 17.0 Å². The van der Waals surface area contributed by atoms with Crippen LogP contribution in [0.2, 0.25) is 0 Å². The fourth-order valence-corrected chi connectivity index (χ4v) is 1.36. The van der Waals surface area contributed by atoms with Crippen LogP contribution in [0.4, 0.5) is 0 Å². The number of nitrogens with one attached hydrogen (secondary N) is 2. The summed E-state index contributed by atoms with van der Waals surface area (Å²) in [5, 5.41) is 6.57. The lowest BCUT2D eigenvalue weighted by molar-refractivity contribution is 0.106. The molecule has 0 unspecified atom stereocenters. The quantitative estimate of drug-likeness (QED) is 0.759. The van der Waals surface area contributed by atoms with Crippen molar-refractivity contribution >= 4 is 17.3 Å². The lowest BCUT2D eigenvalue weighted by Gasteiger charge is -2.17. The number of thiocarbonyl (C=S) groups is 1. The van der Waals surface area contributed by atoms with Crippen molar-refractivity contribution in [3.05, 3.63) is 35.9 Å². The smallest absolute Gasteiger partial charge is 0.166 e. The third-order valence-corrected chi connectivity index (χ3v) is 2.48. The number of rotatable bonds is 4. The molecule has 1 aromatic rings. The summed E-state index contributed by atoms with van der Waals surface area (Å²) >= 11 is 4.99. The van der Waals surface area contributed by atoms with Crippen molar-refractivity contribution in [3.63, 3.8) is 0 Å². The summed E-state index contributed by atoms with van der Waals surface area (Å²) in [4.78, 5) is 0. The first-order valence-corrected chi connectivity index (χ1v) is 5.22. The lowest BCUT2D eigenvalue weighted by Crippen LogP contribution is -2.35. The minimum absolute atomic E-state index is 0.0255. The van der Waals surface area contributed by atoms with Crippen molar-refractivity contribution in [2.24, 2.45) is 0 Å². The predicted octanol–water partition coefficient (Wildman–Crippen LogP) is 1.47. The van der Waals surface area contributed by atoms with Crippen molar-refractivity contribution in [3.8, 4) is 0 Å². The summed E-state index contributed by atoms with van der Waals surface area (Å²) in [5.41, 5.74) is 1.14. The normalized spacial score (nSPS) is 11.9. The Hall–Kier alpha value is -1.13. The van der Waals surface area contributed by atoms with Gasteiger partial charge in [-0.25, -0.2) is 0 Å². The van der Waals surface area contributed by atoms with Gasteiger partial charge >= 0.3 is 0 Å². The van der Waals surface area contributed by atoms with E-state index in [-0.39, 0.29) is 6.10 Å². The molecule has 0 saturated carbocycles. The Kier molecular flexibility index (Phi) is 5.07. The summed E-state index contributed by atoms with van der Waals surface area (Å²) in [6, 6.07) is 10.1. The van der Waals surface area contributed by atoms with E-state index < -0.39 is 0 Å². The molecule has 0 amide bonds. The number of hydrogen-bond donors (Lipinski definition) is 2. The van der Waals surface area contributed by atoms with Crippen molar-refractivity contribution < 1.29 is 4.74 Å². The van der Waals surface area contributed by atoms with E-state index in [1.54, 1.807) is 14.2 Å². The standard InChI is InChI=1S/C11H16N2OS/c1-12-11(15)13-8-10(14-2)9-6-4-3-5-7-9/h3-7,10H,8H2,1-2H3,(H2,12,13,15)/t10-/m1/s1. The molecular weight excluding hydrogens is 208 g/mol. The maximum absolute atomic E-state index is 5.38. The van der Waals surface area contributed by atoms with Gasteiger partial charge < -0.3 is 15.4 Å². The first-order chi connectivity index (χ1) is 7.27. The van der Waals surface area contributed by atoms with E-state index in [0.717, 1.165) is 5.56 Å². The minimum Gasteiger partial charge on any atom is -0.375 e. The molecule has 0 aliphatic carbocycles. The largest absolute Gasteiger partial charge is 0.375 e. The Labute approximate surface area is 95.8 Å². The second kappa shape index (κ2) is 6.37. The molecule has 0 aliphatic rings. The van der Waals surface area contributed by atoms with Crippen molar-refractivity contribution in [1.82, 2.24) is 10.6 Å². The van der Waals surface area contributed by atoms with Crippen LogP contribution in [0.15, 0.2) is 30.3 Å². The van der Waals surface area contributed by atoms with Gasteiger partial charge in [0.2, 0.25) is 0 Å². The molecule has 0 saturated heterocycles. The molecule has 0 aromatic heterocycles. The first-order valence-electron chi connectivity index (χ1n) is 4.81. The Morgan fingerprint density at radius 2 is 2.07 bits per heavy atom. The Morgan fingerprint density at radius 1 is 1.40 bits per heavy atom. The second-order valence-electron chi connectivity index (χ2n) is 3.10. The molecule has 15 heavy (non-hydrogen) atoms. The average molecular weight is 224 g/mol. The van der Waals surface area contributed by atoms with Gasteiger partial charge in [-0.1, -0.05) is 30.3 Å². The third-order valence-electron chi connectivity index (χ3n) is 2.13. The lowest BCUT2D eigenvalue weighted by atomic mass is 10.1. The molecule has 0 fully saturated rings. The number of methoxy groups -OCH3 is 1. The Morgan fingerprint density at radius 3 is 2.60 bits per heavy atom. The molecule has 0 bridgehead atoms. The van der Waals surface area contributed by atoms with Crippen LogP contribution in [0, 0.1) is 0 Å². The van der Waals surface area contributed by atoms with Crippen molar-refractivity contribution in [2.75, 3.05) is 20.7 Å². The van der Waals surface area contributed by atoms with Gasteiger partial charge in [0.25, 0.3) is 0 Å². The fourth-order valence-electron chi connectivity index (χ4n) is 1.28. The van der Waals surface area contributed by atoms with Crippen LogP contribution in [-0.4, -0.2) is 25.8 Å². The van der Waals surface area contributed by atoms with Gasteiger partial charge in [0, 0.05) is 20.7 Å². The highest BCUT2D eigenvalue weighted by molar-refractivity contribution is 7.80. The maximum Gasteiger partial charge on any atom is 0.166 e. The molecule has 0 spiro atoms. The summed E-state index contributed by atoms with van der Waals surface area (Å²) in [6.45, 7) is 0.667. The van der Waals surface area contributed by atoms with Crippen LogP contribution in [0.5, 0.6) is 0 Å². The number of hydrogen-bond acceptors (Lipinski definition) is 2. The molecule has 3 nitrogen and oxygen atoms in total. The molecule has 4 heteroatoms. The molecule has 1 atom stereocenters. The topological polar surface area (TPSA) is 33.3 Å². The zero-order valence-electron chi connectivity index (χ0n) is 8.99. The van der Waals surface area contributed by atoms with Gasteiger partial charge in [0.1, 0.15) is 0 Å². The molecule has 0 heterocycles. The predicted molar refractivity (Wildman–Crippen MR) is 65.9 cm³/mol. The van der Waals surface area contributed by atoms with Crippen LogP contribution in [0.25, 0.3) is 0 Å². The van der Waals surface area contributed by atoms with Gasteiger partial charge in [-0.15, -0.1) is 0 Å². The summed E-state index contributed by atoms with van der Waals surface area (Å²) in [7, 11) is 3.49. The first kappa shape index (κ1) is 11.9. The number of benzene rings is 1. The molecule has 0 aliphatic heterocycles. The van der Waals surface area contributed by atoms with Crippen molar-refractivity contribution in [2.45, 2.75) is 6.10 Å². The Bertz CT molecular complexity index is 303. The SMILES string of the molecule is CNC(=S)NC[C@@H](OC)c1ccccc1. The zero-order valence-corrected chi connectivity index (χ0v) is 9.80. The van der Waals surface area contributed by atoms with Gasteiger partial charge in [0.15, 0.2) is 5.11 Å². The van der Waals surface area contributed by atoms with Crippen LogP contribution < -0.4 is 10.6 Å². The highest BCUT2D eigenvalue weighted by Crippen LogP contribution is 2.14. The highest BCUT2D eigenvalue weighted by atomic mass is 32.1. The molecule has 82 valence electrons. The van der Waals surface area contributed by atoms with Crippen molar-refractivity contribution in [1.29, 1.82) is 0 Å². The van der Waals surface area contributed by atoms with Gasteiger partial charge in [-0.05, 0) is 17.8 Å². The summed E-state index contributed by atoms with van der Waals surface area (Å²) < 4.78 is 5.38. The van der Waals surface area contributed by atoms with Gasteiger partial charge in [-0.3, -0.25) is 0 Å². The van der Waals surface area contributed by atoms with Gasteiger partial charge in [-0.2, -0.15) is 0 Å². The van der Waals surface area contributed by atoms with Crippen LogP contribution >= 0.6 is 12.2 Å². The Balaban J connectivity index is 2.53. The van der Waals surface area contributed by atoms with E-state index >= 15 is 0 Å². The monoisotopic (exact) mass is 224 g/mol. The van der Waals surface area contributed by atoms with E-state index in [2.05, 4.69) is 10.6 Å². The van der Waals surface area contributed by atoms with E-state index in [1.165, 1.54) is 0 Å². The average Bonchev–Trinajstić information content (AvgIpc) is 2.31. The molecular formula is C11H16N2OS. The van der Waals surface area contributed by atoms with E-state index in [9.17, 15) is 0 Å². The summed E-state index contributed by atoms with van der Waals surface area (Å²) in [5.74, 6) is 0. The second-order valence-corrected chi connectivity index (χ2v) is 3.50. The fraction of sp³-hybridized carbons (Fsp3) is 0.364. The molecule has 2 N–H and O–H groups in total. The van der Waals surface area contributed by atoms with Crippen LogP contribution in [-0.2, 0) is 4.74 Å². The number of ether oxygens (including phenoxy) is 1. The van der Waals surface area contributed by atoms with Crippen LogP contribution in [0.3, 0.4) is 0 Å². The maximum atomic E-state index is 5.38. The molecule has 1 aromatic carbocycles. The van der Waals surface area contributed by atoms with E-state index in [1.807, 2.05) is 30.3 Å². The molecule has 0 radical (unpaired) electrons. The minimum atomic E-state index is 0.0255. The van der Waals surface area contributed by atoms with Crippen LogP contribution in [0.1, 0.15) is 11.7 Å². The highest BCUT2D eigenvalue weighted by Gasteiger charge is 2.09.